The van der Waals surface area contributed by atoms with Crippen LogP contribution in [0.15, 0.2) is 59.5 Å². The minimum Gasteiger partial charge on any atom is -0.464 e. The SMILES string of the molecule is COC(=O)c1nc(NC(=O)COC(=O)c2cccc(S(N)(=O)=O)c2)sc1-c1ccccc1. The third kappa shape index (κ3) is 5.55. The quantitative estimate of drug-likeness (QED) is 0.492. The van der Waals surface area contributed by atoms with Crippen LogP contribution in [-0.4, -0.2) is 45.0 Å². The number of nitrogens with zero attached hydrogens (tertiary/aromatic N) is 1. The molecule has 10 nitrogen and oxygen atoms in total. The Morgan fingerprint density at radius 1 is 1.06 bits per heavy atom. The molecule has 0 atom stereocenters. The molecule has 0 unspecified atom stereocenters. The lowest BCUT2D eigenvalue weighted by Crippen LogP contribution is -2.21. The highest BCUT2D eigenvalue weighted by Gasteiger charge is 2.21. The summed E-state index contributed by atoms with van der Waals surface area (Å²) in [6.07, 6.45) is 0. The maximum absolute atomic E-state index is 12.2. The first kappa shape index (κ1) is 23.1. The van der Waals surface area contributed by atoms with E-state index in [0.717, 1.165) is 17.4 Å². The van der Waals surface area contributed by atoms with Crippen molar-refractivity contribution >= 4 is 44.3 Å². The number of sulfonamides is 1. The maximum atomic E-state index is 12.2. The molecule has 2 aromatic carbocycles. The highest BCUT2D eigenvalue weighted by Crippen LogP contribution is 2.33. The first-order valence-corrected chi connectivity index (χ1v) is 11.3. The number of anilines is 1. The second-order valence-corrected chi connectivity index (χ2v) is 8.81. The van der Waals surface area contributed by atoms with Gasteiger partial charge in [0.1, 0.15) is 0 Å². The fourth-order valence-corrected chi connectivity index (χ4v) is 4.10. The van der Waals surface area contributed by atoms with Crippen molar-refractivity contribution in [2.45, 2.75) is 4.90 Å². The Balaban J connectivity index is 1.70. The fourth-order valence-electron chi connectivity index (χ4n) is 2.56. The molecule has 0 radical (unpaired) electrons. The van der Waals surface area contributed by atoms with E-state index in [4.69, 9.17) is 14.6 Å². The summed E-state index contributed by atoms with van der Waals surface area (Å²) in [5, 5.41) is 7.61. The molecule has 0 bridgehead atoms. The lowest BCUT2D eigenvalue weighted by molar-refractivity contribution is -0.119. The van der Waals surface area contributed by atoms with E-state index in [1.54, 1.807) is 24.3 Å². The van der Waals surface area contributed by atoms with E-state index < -0.39 is 34.5 Å². The average Bonchev–Trinajstić information content (AvgIpc) is 3.20. The van der Waals surface area contributed by atoms with Gasteiger partial charge >= 0.3 is 11.9 Å². The van der Waals surface area contributed by atoms with Crippen LogP contribution in [0.4, 0.5) is 5.13 Å². The molecule has 0 saturated heterocycles. The van der Waals surface area contributed by atoms with Crippen LogP contribution in [0.25, 0.3) is 10.4 Å². The van der Waals surface area contributed by atoms with Crippen LogP contribution in [-0.2, 0) is 24.3 Å². The maximum Gasteiger partial charge on any atom is 0.358 e. The molecule has 0 aliphatic rings. The molecular weight excluding hydrogens is 458 g/mol. The van der Waals surface area contributed by atoms with Crippen molar-refractivity contribution in [2.24, 2.45) is 5.14 Å². The van der Waals surface area contributed by atoms with Gasteiger partial charge in [-0.25, -0.2) is 28.1 Å². The Morgan fingerprint density at radius 3 is 2.44 bits per heavy atom. The monoisotopic (exact) mass is 475 g/mol. The van der Waals surface area contributed by atoms with Crippen molar-refractivity contribution in [3.05, 3.63) is 65.9 Å². The van der Waals surface area contributed by atoms with Gasteiger partial charge in [-0.05, 0) is 23.8 Å². The molecule has 0 saturated carbocycles. The minimum atomic E-state index is -4.00. The number of carbonyl (C=O) groups is 3. The number of primary sulfonamides is 1. The Hall–Kier alpha value is -3.61. The smallest absolute Gasteiger partial charge is 0.358 e. The molecule has 3 rings (SSSR count). The zero-order valence-corrected chi connectivity index (χ0v) is 18.2. The van der Waals surface area contributed by atoms with Gasteiger partial charge in [0.15, 0.2) is 17.4 Å². The van der Waals surface area contributed by atoms with E-state index in [2.05, 4.69) is 10.3 Å². The minimum absolute atomic E-state index is 0.0378. The van der Waals surface area contributed by atoms with Gasteiger partial charge in [0.25, 0.3) is 5.91 Å². The molecule has 32 heavy (non-hydrogen) atoms. The number of thiazole rings is 1. The number of rotatable bonds is 7. The molecule has 0 fully saturated rings. The Kier molecular flexibility index (Phi) is 6.98. The lowest BCUT2D eigenvalue weighted by atomic mass is 10.1. The van der Waals surface area contributed by atoms with Crippen LogP contribution < -0.4 is 10.5 Å². The van der Waals surface area contributed by atoms with E-state index in [0.29, 0.717) is 10.4 Å². The molecule has 1 amide bonds. The fraction of sp³-hybridized carbons (Fsp3) is 0.100. The number of amides is 1. The molecule has 0 spiro atoms. The molecule has 1 aromatic heterocycles. The standard InChI is InChI=1S/C20H17N3O7S2/c1-29-19(26)16-17(12-6-3-2-4-7-12)31-20(23-16)22-15(24)11-30-18(25)13-8-5-9-14(10-13)32(21,27)28/h2-10H,11H2,1H3,(H2,21,27,28)(H,22,23,24). The van der Waals surface area contributed by atoms with Crippen LogP contribution in [0.2, 0.25) is 0 Å². The molecule has 1 heterocycles. The Morgan fingerprint density at radius 2 is 1.78 bits per heavy atom. The number of hydrogen-bond acceptors (Lipinski definition) is 9. The van der Waals surface area contributed by atoms with Gasteiger partial charge in [0.05, 0.1) is 22.4 Å². The van der Waals surface area contributed by atoms with Crippen LogP contribution in [0.1, 0.15) is 20.8 Å². The highest BCUT2D eigenvalue weighted by molar-refractivity contribution is 7.89. The van der Waals surface area contributed by atoms with Gasteiger partial charge < -0.3 is 9.47 Å². The van der Waals surface area contributed by atoms with Crippen LogP contribution in [0, 0.1) is 0 Å². The highest BCUT2D eigenvalue weighted by atomic mass is 32.2. The summed E-state index contributed by atoms with van der Waals surface area (Å²) in [5.41, 5.74) is 0.667. The molecule has 3 N–H and O–H groups in total. The van der Waals surface area contributed by atoms with Gasteiger partial charge in [-0.1, -0.05) is 47.7 Å². The number of carbonyl (C=O) groups excluding carboxylic acids is 3. The number of ether oxygens (including phenoxy) is 2. The summed E-state index contributed by atoms with van der Waals surface area (Å²) in [6.45, 7) is -0.660. The van der Waals surface area contributed by atoms with Gasteiger partial charge in [-0.3, -0.25) is 10.1 Å². The number of benzene rings is 2. The largest absolute Gasteiger partial charge is 0.464 e. The van der Waals surface area contributed by atoms with Crippen molar-refractivity contribution in [2.75, 3.05) is 19.0 Å². The van der Waals surface area contributed by atoms with Gasteiger partial charge in [-0.15, -0.1) is 0 Å². The van der Waals surface area contributed by atoms with Crippen molar-refractivity contribution in [1.82, 2.24) is 4.98 Å². The summed E-state index contributed by atoms with van der Waals surface area (Å²) in [4.78, 5) is 40.8. The molecule has 12 heteroatoms. The van der Waals surface area contributed by atoms with Crippen LogP contribution in [0.3, 0.4) is 0 Å². The number of nitrogens with two attached hydrogens (primary N) is 1. The van der Waals surface area contributed by atoms with E-state index >= 15 is 0 Å². The van der Waals surface area contributed by atoms with Gasteiger partial charge in [0.2, 0.25) is 10.0 Å². The second-order valence-electron chi connectivity index (χ2n) is 6.25. The molecule has 0 aliphatic carbocycles. The Labute approximate surface area is 187 Å². The summed E-state index contributed by atoms with van der Waals surface area (Å²) in [6, 6.07) is 13.9. The first-order valence-electron chi connectivity index (χ1n) is 8.93. The predicted molar refractivity (Wildman–Crippen MR) is 116 cm³/mol. The second kappa shape index (κ2) is 9.68. The zero-order valence-electron chi connectivity index (χ0n) is 16.6. The third-order valence-electron chi connectivity index (χ3n) is 4.02. The summed E-state index contributed by atoms with van der Waals surface area (Å²) in [5.74, 6) is -2.28. The normalized spacial score (nSPS) is 10.9. The summed E-state index contributed by atoms with van der Waals surface area (Å²) < 4.78 is 32.5. The van der Waals surface area contributed by atoms with Crippen molar-refractivity contribution in [3.63, 3.8) is 0 Å². The molecular formula is C20H17N3O7S2. The average molecular weight is 476 g/mol. The van der Waals surface area contributed by atoms with Gasteiger partial charge in [0, 0.05) is 0 Å². The molecule has 0 aliphatic heterocycles. The molecule has 3 aromatic rings. The van der Waals surface area contributed by atoms with Gasteiger partial charge in [-0.2, -0.15) is 0 Å². The predicted octanol–water partition coefficient (Wildman–Crippen LogP) is 2.04. The van der Waals surface area contributed by atoms with E-state index in [-0.39, 0.29) is 21.3 Å². The topological polar surface area (TPSA) is 155 Å². The first-order chi connectivity index (χ1) is 15.2. The lowest BCUT2D eigenvalue weighted by Gasteiger charge is -2.06. The van der Waals surface area contributed by atoms with E-state index in [1.807, 2.05) is 6.07 Å². The number of methoxy groups -OCH3 is 1. The third-order valence-corrected chi connectivity index (χ3v) is 5.95. The Bertz CT molecular complexity index is 1270. The van der Waals surface area contributed by atoms with Crippen molar-refractivity contribution < 1.29 is 32.3 Å². The zero-order chi connectivity index (χ0) is 23.3. The van der Waals surface area contributed by atoms with Crippen molar-refractivity contribution in [1.29, 1.82) is 0 Å². The number of nitrogens with one attached hydrogen (secondary N) is 1. The van der Waals surface area contributed by atoms with Crippen LogP contribution in [0.5, 0.6) is 0 Å². The van der Waals surface area contributed by atoms with E-state index in [9.17, 15) is 22.8 Å². The summed E-state index contributed by atoms with van der Waals surface area (Å²) in [7, 11) is -2.78. The number of hydrogen-bond donors (Lipinski definition) is 2. The molecule has 166 valence electrons. The van der Waals surface area contributed by atoms with Crippen LogP contribution >= 0.6 is 11.3 Å². The number of aromatic nitrogens is 1. The summed E-state index contributed by atoms with van der Waals surface area (Å²) >= 11 is 1.05. The van der Waals surface area contributed by atoms with Crippen molar-refractivity contribution in [3.8, 4) is 10.4 Å². The number of esters is 2. The van der Waals surface area contributed by atoms with E-state index in [1.165, 1.54) is 25.3 Å².